The molecule has 0 radical (unpaired) electrons. The molecule has 0 unspecified atom stereocenters. The van der Waals surface area contributed by atoms with Crippen LogP contribution in [0.3, 0.4) is 0 Å². The van der Waals surface area contributed by atoms with Crippen molar-refractivity contribution in [3.05, 3.63) is 46.7 Å². The average Bonchev–Trinajstić information content (AvgIpc) is 2.87. The predicted molar refractivity (Wildman–Crippen MR) is 86.7 cm³/mol. The van der Waals surface area contributed by atoms with Gasteiger partial charge in [-0.3, -0.25) is 9.67 Å². The van der Waals surface area contributed by atoms with Crippen LogP contribution >= 0.6 is 23.2 Å². The van der Waals surface area contributed by atoms with Crippen molar-refractivity contribution in [2.75, 3.05) is 6.54 Å². The van der Waals surface area contributed by atoms with E-state index in [0.717, 1.165) is 35.1 Å². The molecule has 0 saturated heterocycles. The summed E-state index contributed by atoms with van der Waals surface area (Å²) in [6.07, 6.45) is 4.46. The molecule has 0 atom stereocenters. The third kappa shape index (κ3) is 2.75. The first kappa shape index (κ1) is 14.3. The van der Waals surface area contributed by atoms with Gasteiger partial charge in [0, 0.05) is 29.9 Å². The molecule has 1 aromatic carbocycles. The Labute approximate surface area is 132 Å². The van der Waals surface area contributed by atoms with Crippen LogP contribution in [0.15, 0.2) is 36.7 Å². The number of aromatic nitrogens is 3. The number of aryl methyl sites for hydroxylation is 1. The van der Waals surface area contributed by atoms with E-state index in [0.29, 0.717) is 16.6 Å². The van der Waals surface area contributed by atoms with Gasteiger partial charge in [0.15, 0.2) is 0 Å². The quantitative estimate of drug-likeness (QED) is 0.796. The minimum absolute atomic E-state index is 0.516. The highest BCUT2D eigenvalue weighted by molar-refractivity contribution is 6.42. The molecule has 0 amide bonds. The summed E-state index contributed by atoms with van der Waals surface area (Å²) in [7, 11) is 0. The van der Waals surface area contributed by atoms with Gasteiger partial charge in [0.25, 0.3) is 0 Å². The second-order valence-corrected chi connectivity index (χ2v) is 5.55. The summed E-state index contributed by atoms with van der Waals surface area (Å²) in [6.45, 7) is 1.41. The Hall–Kier alpha value is -1.62. The maximum Gasteiger partial charge on any atom is 0.102 e. The van der Waals surface area contributed by atoms with Crippen molar-refractivity contribution in [2.24, 2.45) is 5.73 Å². The normalized spacial score (nSPS) is 11.2. The van der Waals surface area contributed by atoms with Crippen molar-refractivity contribution < 1.29 is 0 Å². The van der Waals surface area contributed by atoms with Crippen molar-refractivity contribution in [3.8, 4) is 11.3 Å². The van der Waals surface area contributed by atoms with Crippen molar-refractivity contribution in [1.29, 1.82) is 0 Å². The fraction of sp³-hybridized carbons (Fsp3) is 0.200. The molecule has 2 heterocycles. The van der Waals surface area contributed by atoms with E-state index in [1.165, 1.54) is 0 Å². The van der Waals surface area contributed by atoms with Gasteiger partial charge < -0.3 is 5.73 Å². The van der Waals surface area contributed by atoms with E-state index in [1.807, 2.05) is 29.1 Å². The minimum Gasteiger partial charge on any atom is -0.330 e. The number of nitrogens with zero attached hydrogens (tertiary/aromatic N) is 3. The molecule has 21 heavy (non-hydrogen) atoms. The van der Waals surface area contributed by atoms with E-state index in [-0.39, 0.29) is 0 Å². The number of rotatable bonds is 4. The Kier molecular flexibility index (Phi) is 4.10. The van der Waals surface area contributed by atoms with Crippen LogP contribution in [-0.4, -0.2) is 21.3 Å². The van der Waals surface area contributed by atoms with Crippen LogP contribution in [-0.2, 0) is 6.54 Å². The van der Waals surface area contributed by atoms with E-state index in [9.17, 15) is 0 Å². The van der Waals surface area contributed by atoms with Gasteiger partial charge in [-0.2, -0.15) is 5.10 Å². The van der Waals surface area contributed by atoms with E-state index >= 15 is 0 Å². The Morgan fingerprint density at radius 1 is 1.14 bits per heavy atom. The monoisotopic (exact) mass is 320 g/mol. The summed E-state index contributed by atoms with van der Waals surface area (Å²) in [5.74, 6) is 0. The van der Waals surface area contributed by atoms with Crippen LogP contribution in [0, 0.1) is 0 Å². The van der Waals surface area contributed by atoms with Crippen LogP contribution < -0.4 is 5.73 Å². The lowest BCUT2D eigenvalue weighted by molar-refractivity contribution is 0.604. The maximum absolute atomic E-state index is 6.11. The Morgan fingerprint density at radius 2 is 2.00 bits per heavy atom. The van der Waals surface area contributed by atoms with E-state index in [4.69, 9.17) is 28.9 Å². The highest BCUT2D eigenvalue weighted by Crippen LogP contribution is 2.32. The zero-order valence-corrected chi connectivity index (χ0v) is 12.8. The SMILES string of the molecule is NCCCn1nc(-c2ccc(Cl)c(Cl)c2)c2cnccc21. The highest BCUT2D eigenvalue weighted by atomic mass is 35.5. The topological polar surface area (TPSA) is 56.7 Å². The van der Waals surface area contributed by atoms with E-state index in [2.05, 4.69) is 10.1 Å². The van der Waals surface area contributed by atoms with Crippen molar-refractivity contribution in [3.63, 3.8) is 0 Å². The van der Waals surface area contributed by atoms with Crippen LogP contribution in [0.4, 0.5) is 0 Å². The Balaban J connectivity index is 2.15. The predicted octanol–water partition coefficient (Wildman–Crippen LogP) is 3.75. The molecule has 0 saturated carbocycles. The fourth-order valence-corrected chi connectivity index (χ4v) is 2.59. The number of hydrogen-bond acceptors (Lipinski definition) is 3. The van der Waals surface area contributed by atoms with Crippen molar-refractivity contribution in [2.45, 2.75) is 13.0 Å². The molecule has 0 aliphatic carbocycles. The number of pyridine rings is 1. The molecule has 6 heteroatoms. The van der Waals surface area contributed by atoms with Gasteiger partial charge in [-0.15, -0.1) is 0 Å². The van der Waals surface area contributed by atoms with Gasteiger partial charge in [-0.25, -0.2) is 0 Å². The number of nitrogens with two attached hydrogens (primary N) is 1. The zero-order valence-electron chi connectivity index (χ0n) is 11.3. The second-order valence-electron chi connectivity index (χ2n) is 4.74. The maximum atomic E-state index is 6.11. The van der Waals surface area contributed by atoms with Gasteiger partial charge in [-0.1, -0.05) is 29.3 Å². The lowest BCUT2D eigenvalue weighted by atomic mass is 10.1. The molecule has 2 N–H and O–H groups in total. The number of fused-ring (bicyclic) bond motifs is 1. The lowest BCUT2D eigenvalue weighted by Gasteiger charge is -2.01. The fourth-order valence-electron chi connectivity index (χ4n) is 2.29. The third-order valence-corrected chi connectivity index (χ3v) is 4.06. The van der Waals surface area contributed by atoms with Crippen molar-refractivity contribution in [1.82, 2.24) is 14.8 Å². The lowest BCUT2D eigenvalue weighted by Crippen LogP contribution is -2.06. The van der Waals surface area contributed by atoms with Crippen LogP contribution in [0.1, 0.15) is 6.42 Å². The molecule has 3 aromatic rings. The Bertz CT molecular complexity index is 782. The smallest absolute Gasteiger partial charge is 0.102 e. The van der Waals surface area contributed by atoms with Crippen LogP contribution in [0.2, 0.25) is 10.0 Å². The summed E-state index contributed by atoms with van der Waals surface area (Å²) in [6, 6.07) is 7.47. The summed E-state index contributed by atoms with van der Waals surface area (Å²) < 4.78 is 1.96. The van der Waals surface area contributed by atoms with Gasteiger partial charge in [0.2, 0.25) is 0 Å². The molecular weight excluding hydrogens is 307 g/mol. The average molecular weight is 321 g/mol. The standard InChI is InChI=1S/C15H14Cl2N4/c16-12-3-2-10(8-13(12)17)15-11-9-19-6-4-14(11)21(20-15)7-1-5-18/h2-4,6,8-9H,1,5,7,18H2. The van der Waals surface area contributed by atoms with Gasteiger partial charge >= 0.3 is 0 Å². The highest BCUT2D eigenvalue weighted by Gasteiger charge is 2.13. The van der Waals surface area contributed by atoms with Crippen molar-refractivity contribution >= 4 is 34.1 Å². The number of halogens is 2. The molecule has 2 aromatic heterocycles. The summed E-state index contributed by atoms with van der Waals surface area (Å²) >= 11 is 12.1. The molecule has 0 bridgehead atoms. The van der Waals surface area contributed by atoms with Crippen LogP contribution in [0.25, 0.3) is 22.2 Å². The molecular formula is C15H14Cl2N4. The Morgan fingerprint density at radius 3 is 2.76 bits per heavy atom. The third-order valence-electron chi connectivity index (χ3n) is 3.32. The molecule has 4 nitrogen and oxygen atoms in total. The molecule has 0 aliphatic heterocycles. The number of hydrogen-bond donors (Lipinski definition) is 1. The first-order chi connectivity index (χ1) is 10.2. The molecule has 0 spiro atoms. The zero-order chi connectivity index (χ0) is 14.8. The van der Waals surface area contributed by atoms with Gasteiger partial charge in [-0.05, 0) is 31.2 Å². The van der Waals surface area contributed by atoms with Gasteiger partial charge in [0.05, 0.1) is 15.6 Å². The van der Waals surface area contributed by atoms with E-state index in [1.54, 1.807) is 12.3 Å². The summed E-state index contributed by atoms with van der Waals surface area (Å²) in [5.41, 5.74) is 8.41. The van der Waals surface area contributed by atoms with E-state index < -0.39 is 0 Å². The first-order valence-corrected chi connectivity index (χ1v) is 7.42. The molecule has 0 aliphatic rings. The van der Waals surface area contributed by atoms with Crippen LogP contribution in [0.5, 0.6) is 0 Å². The summed E-state index contributed by atoms with van der Waals surface area (Å²) in [5, 5.41) is 6.73. The second kappa shape index (κ2) is 6.02. The summed E-state index contributed by atoms with van der Waals surface area (Å²) in [4.78, 5) is 4.20. The molecule has 3 rings (SSSR count). The first-order valence-electron chi connectivity index (χ1n) is 6.66. The number of benzene rings is 1. The minimum atomic E-state index is 0.516. The largest absolute Gasteiger partial charge is 0.330 e. The molecule has 0 fully saturated rings. The molecule has 108 valence electrons. The van der Waals surface area contributed by atoms with Gasteiger partial charge in [0.1, 0.15) is 5.69 Å².